The van der Waals surface area contributed by atoms with Gasteiger partial charge in [-0.25, -0.2) is 4.39 Å². The highest BCUT2D eigenvalue weighted by atomic mass is 19.1. The molecule has 3 heteroatoms. The lowest BCUT2D eigenvalue weighted by molar-refractivity contribution is 0.323. The van der Waals surface area contributed by atoms with Gasteiger partial charge in [0, 0.05) is 25.3 Å². The first-order valence-electron chi connectivity index (χ1n) is 8.21. The van der Waals surface area contributed by atoms with Crippen LogP contribution in [0.15, 0.2) is 18.2 Å². The number of anilines is 1. The SMILES string of the molecule is CC(C)CNCc1cc(F)ccc1N1CCC(C)C(C)C1. The van der Waals surface area contributed by atoms with Gasteiger partial charge in [0.05, 0.1) is 0 Å². The Morgan fingerprint density at radius 2 is 2.05 bits per heavy atom. The van der Waals surface area contributed by atoms with Crippen molar-refractivity contribution in [2.75, 3.05) is 24.5 Å². The molecule has 118 valence electrons. The van der Waals surface area contributed by atoms with Gasteiger partial charge in [-0.1, -0.05) is 27.7 Å². The maximum absolute atomic E-state index is 13.6. The van der Waals surface area contributed by atoms with Crippen LogP contribution in [0.4, 0.5) is 10.1 Å². The van der Waals surface area contributed by atoms with Crippen LogP contribution in [0.25, 0.3) is 0 Å². The normalized spacial score (nSPS) is 22.9. The molecule has 1 heterocycles. The Morgan fingerprint density at radius 3 is 2.71 bits per heavy atom. The molecule has 0 aromatic heterocycles. The molecule has 1 N–H and O–H groups in total. The van der Waals surface area contributed by atoms with Crippen molar-refractivity contribution in [3.63, 3.8) is 0 Å². The average Bonchev–Trinajstić information content (AvgIpc) is 2.42. The van der Waals surface area contributed by atoms with E-state index >= 15 is 0 Å². The molecule has 2 rings (SSSR count). The van der Waals surface area contributed by atoms with Crippen LogP contribution in [0.2, 0.25) is 0 Å². The Labute approximate surface area is 128 Å². The van der Waals surface area contributed by atoms with E-state index in [-0.39, 0.29) is 5.82 Å². The maximum Gasteiger partial charge on any atom is 0.123 e. The first-order chi connectivity index (χ1) is 9.97. The van der Waals surface area contributed by atoms with Gasteiger partial charge in [0.25, 0.3) is 0 Å². The second-order valence-corrected chi connectivity index (χ2v) is 6.99. The molecule has 1 saturated heterocycles. The predicted molar refractivity (Wildman–Crippen MR) is 88.1 cm³/mol. The Hall–Kier alpha value is -1.09. The van der Waals surface area contributed by atoms with E-state index in [1.807, 2.05) is 6.07 Å². The zero-order valence-electron chi connectivity index (χ0n) is 13.8. The number of hydrogen-bond donors (Lipinski definition) is 1. The van der Waals surface area contributed by atoms with Crippen LogP contribution in [0.1, 0.15) is 39.7 Å². The Kier molecular flexibility index (Phi) is 5.63. The van der Waals surface area contributed by atoms with Crippen molar-refractivity contribution >= 4 is 5.69 Å². The first-order valence-corrected chi connectivity index (χ1v) is 8.21. The Morgan fingerprint density at radius 1 is 1.29 bits per heavy atom. The molecule has 2 unspecified atom stereocenters. The van der Waals surface area contributed by atoms with Crippen molar-refractivity contribution in [1.82, 2.24) is 5.32 Å². The van der Waals surface area contributed by atoms with Crippen molar-refractivity contribution in [1.29, 1.82) is 0 Å². The first kappa shape index (κ1) is 16.3. The van der Waals surface area contributed by atoms with E-state index in [9.17, 15) is 4.39 Å². The minimum atomic E-state index is -0.140. The topological polar surface area (TPSA) is 15.3 Å². The van der Waals surface area contributed by atoms with Crippen molar-refractivity contribution < 1.29 is 4.39 Å². The molecule has 1 fully saturated rings. The van der Waals surface area contributed by atoms with E-state index in [0.717, 1.165) is 37.7 Å². The molecule has 21 heavy (non-hydrogen) atoms. The average molecular weight is 292 g/mol. The number of piperidine rings is 1. The van der Waals surface area contributed by atoms with E-state index < -0.39 is 0 Å². The lowest BCUT2D eigenvalue weighted by Gasteiger charge is -2.37. The van der Waals surface area contributed by atoms with Gasteiger partial charge in [-0.15, -0.1) is 0 Å². The van der Waals surface area contributed by atoms with Crippen molar-refractivity contribution in [2.45, 2.75) is 40.7 Å². The summed E-state index contributed by atoms with van der Waals surface area (Å²) in [7, 11) is 0. The largest absolute Gasteiger partial charge is 0.371 e. The molecule has 2 atom stereocenters. The fourth-order valence-corrected chi connectivity index (χ4v) is 2.98. The lowest BCUT2D eigenvalue weighted by atomic mass is 9.88. The molecule has 0 spiro atoms. The fraction of sp³-hybridized carbons (Fsp3) is 0.667. The molecule has 1 aliphatic heterocycles. The smallest absolute Gasteiger partial charge is 0.123 e. The minimum Gasteiger partial charge on any atom is -0.371 e. The summed E-state index contributed by atoms with van der Waals surface area (Å²) in [5, 5.41) is 3.43. The number of nitrogens with one attached hydrogen (secondary N) is 1. The van der Waals surface area contributed by atoms with Crippen molar-refractivity contribution in [2.24, 2.45) is 17.8 Å². The van der Waals surface area contributed by atoms with Gasteiger partial charge < -0.3 is 10.2 Å². The lowest BCUT2D eigenvalue weighted by Crippen LogP contribution is -2.39. The highest BCUT2D eigenvalue weighted by Gasteiger charge is 2.24. The van der Waals surface area contributed by atoms with E-state index in [4.69, 9.17) is 0 Å². The van der Waals surface area contributed by atoms with Crippen LogP contribution in [-0.2, 0) is 6.54 Å². The summed E-state index contributed by atoms with van der Waals surface area (Å²) < 4.78 is 13.6. The molecule has 0 amide bonds. The van der Waals surface area contributed by atoms with Crippen molar-refractivity contribution in [3.05, 3.63) is 29.6 Å². The summed E-state index contributed by atoms with van der Waals surface area (Å²) in [6.07, 6.45) is 1.22. The second kappa shape index (κ2) is 7.26. The van der Waals surface area contributed by atoms with Gasteiger partial charge in [-0.3, -0.25) is 0 Å². The highest BCUT2D eigenvalue weighted by Crippen LogP contribution is 2.29. The Balaban J connectivity index is 2.11. The summed E-state index contributed by atoms with van der Waals surface area (Å²) >= 11 is 0. The number of rotatable bonds is 5. The van der Waals surface area contributed by atoms with Crippen LogP contribution in [0.5, 0.6) is 0 Å². The molecular weight excluding hydrogens is 263 g/mol. The quantitative estimate of drug-likeness (QED) is 0.880. The summed E-state index contributed by atoms with van der Waals surface area (Å²) in [6, 6.07) is 5.22. The van der Waals surface area contributed by atoms with Gasteiger partial charge >= 0.3 is 0 Å². The Bertz CT molecular complexity index is 459. The molecule has 1 aromatic carbocycles. The van der Waals surface area contributed by atoms with Crippen LogP contribution in [0.3, 0.4) is 0 Å². The highest BCUT2D eigenvalue weighted by molar-refractivity contribution is 5.54. The third-order valence-electron chi connectivity index (χ3n) is 4.58. The third kappa shape index (κ3) is 4.44. The number of nitrogens with zero attached hydrogens (tertiary/aromatic N) is 1. The molecule has 0 bridgehead atoms. The number of halogens is 1. The van der Waals surface area contributed by atoms with Gasteiger partial charge in [-0.05, 0) is 54.5 Å². The minimum absolute atomic E-state index is 0.140. The second-order valence-electron chi connectivity index (χ2n) is 6.99. The standard InChI is InChI=1S/C18H29FN2/c1-13(2)10-20-11-16-9-17(19)5-6-18(16)21-8-7-14(3)15(4)12-21/h5-6,9,13-15,20H,7-8,10-12H2,1-4H3. The molecule has 2 nitrogen and oxygen atoms in total. The van der Waals surface area contributed by atoms with E-state index in [1.54, 1.807) is 12.1 Å². The molecular formula is C18H29FN2. The van der Waals surface area contributed by atoms with Crippen LogP contribution < -0.4 is 10.2 Å². The van der Waals surface area contributed by atoms with Gasteiger partial charge in [0.2, 0.25) is 0 Å². The summed E-state index contributed by atoms with van der Waals surface area (Å²) in [5.41, 5.74) is 2.28. The number of benzene rings is 1. The van der Waals surface area contributed by atoms with Crippen LogP contribution in [0, 0.1) is 23.6 Å². The maximum atomic E-state index is 13.6. The van der Waals surface area contributed by atoms with Gasteiger partial charge in [0.15, 0.2) is 0 Å². The molecule has 0 aliphatic carbocycles. The zero-order chi connectivity index (χ0) is 15.4. The number of hydrogen-bond acceptors (Lipinski definition) is 2. The van der Waals surface area contributed by atoms with Crippen LogP contribution in [-0.4, -0.2) is 19.6 Å². The predicted octanol–water partition coefficient (Wildman–Crippen LogP) is 4.05. The zero-order valence-corrected chi connectivity index (χ0v) is 13.8. The molecule has 1 aromatic rings. The molecule has 1 aliphatic rings. The van der Waals surface area contributed by atoms with Gasteiger partial charge in [0.1, 0.15) is 5.82 Å². The van der Waals surface area contributed by atoms with E-state index in [0.29, 0.717) is 11.8 Å². The summed E-state index contributed by atoms with van der Waals surface area (Å²) in [6.45, 7) is 12.9. The monoisotopic (exact) mass is 292 g/mol. The summed E-state index contributed by atoms with van der Waals surface area (Å²) in [4.78, 5) is 2.43. The molecule has 0 saturated carbocycles. The fourth-order valence-electron chi connectivity index (χ4n) is 2.98. The van der Waals surface area contributed by atoms with E-state index in [1.165, 1.54) is 12.1 Å². The van der Waals surface area contributed by atoms with Gasteiger partial charge in [-0.2, -0.15) is 0 Å². The third-order valence-corrected chi connectivity index (χ3v) is 4.58. The summed E-state index contributed by atoms with van der Waals surface area (Å²) in [5.74, 6) is 1.95. The van der Waals surface area contributed by atoms with E-state index in [2.05, 4.69) is 37.9 Å². The van der Waals surface area contributed by atoms with Crippen LogP contribution >= 0.6 is 0 Å². The molecule has 0 radical (unpaired) electrons. The van der Waals surface area contributed by atoms with Crippen molar-refractivity contribution in [3.8, 4) is 0 Å².